The first-order valence-corrected chi connectivity index (χ1v) is 9.62. The quantitative estimate of drug-likeness (QED) is 0.729. The zero-order chi connectivity index (χ0) is 19.1. The maximum atomic E-state index is 13.3. The lowest BCUT2D eigenvalue weighted by atomic mass is 9.80. The van der Waals surface area contributed by atoms with Crippen LogP contribution in [0.15, 0.2) is 47.1 Å². The third-order valence-electron chi connectivity index (χ3n) is 6.12. The molecule has 28 heavy (non-hydrogen) atoms. The highest BCUT2D eigenvalue weighted by molar-refractivity contribution is 5.25. The van der Waals surface area contributed by atoms with E-state index >= 15 is 0 Å². The van der Waals surface area contributed by atoms with Gasteiger partial charge in [-0.1, -0.05) is 12.1 Å². The first-order chi connectivity index (χ1) is 13.6. The molecule has 2 aromatic heterocycles. The molecule has 3 aromatic rings. The molecule has 0 saturated carbocycles. The number of hydrogen-bond donors (Lipinski definition) is 1. The van der Waals surface area contributed by atoms with E-state index in [-0.39, 0.29) is 17.9 Å². The predicted octanol–water partition coefficient (Wildman–Crippen LogP) is 2.47. The van der Waals surface area contributed by atoms with Crippen molar-refractivity contribution in [2.75, 3.05) is 0 Å². The van der Waals surface area contributed by atoms with Crippen molar-refractivity contribution in [1.82, 2.24) is 25.1 Å². The van der Waals surface area contributed by atoms with Crippen molar-refractivity contribution >= 4 is 0 Å². The largest absolute Gasteiger partial charge is 0.467 e. The summed E-state index contributed by atoms with van der Waals surface area (Å²) < 4.78 is 20.4. The van der Waals surface area contributed by atoms with E-state index in [1.807, 2.05) is 12.1 Å². The lowest BCUT2D eigenvalue weighted by Gasteiger charge is -2.43. The number of nitrogens with zero attached hydrogens (tertiary/aromatic N) is 5. The highest BCUT2D eigenvalue weighted by Crippen LogP contribution is 2.46. The SMILES string of the molecule is OC1(c2ccc(F)cc2)CC2CCC(C1)N2Cc1nnnn1Cc1ccco1. The molecule has 1 aromatic carbocycles. The Hall–Kier alpha value is -2.58. The molecule has 2 aliphatic rings. The Bertz CT molecular complexity index is 926. The maximum Gasteiger partial charge on any atom is 0.165 e. The number of furan rings is 1. The second-order valence-corrected chi connectivity index (χ2v) is 7.84. The number of tetrazole rings is 1. The summed E-state index contributed by atoms with van der Waals surface area (Å²) in [5, 5.41) is 23.4. The molecule has 2 fully saturated rings. The van der Waals surface area contributed by atoms with Crippen LogP contribution in [-0.2, 0) is 18.7 Å². The minimum absolute atomic E-state index is 0.252. The van der Waals surface area contributed by atoms with E-state index < -0.39 is 5.60 Å². The molecule has 2 aliphatic heterocycles. The molecule has 7 nitrogen and oxygen atoms in total. The molecule has 0 aliphatic carbocycles. The van der Waals surface area contributed by atoms with Gasteiger partial charge in [-0.2, -0.15) is 0 Å². The van der Waals surface area contributed by atoms with Gasteiger partial charge in [0.15, 0.2) is 5.82 Å². The molecule has 1 N–H and O–H groups in total. The summed E-state index contributed by atoms with van der Waals surface area (Å²) in [7, 11) is 0. The number of benzene rings is 1. The fourth-order valence-electron chi connectivity index (χ4n) is 4.74. The number of hydrogen-bond acceptors (Lipinski definition) is 6. The van der Waals surface area contributed by atoms with Gasteiger partial charge < -0.3 is 9.52 Å². The van der Waals surface area contributed by atoms with Gasteiger partial charge in [0.1, 0.15) is 18.1 Å². The fourth-order valence-corrected chi connectivity index (χ4v) is 4.74. The number of halogens is 1. The minimum atomic E-state index is -0.907. The van der Waals surface area contributed by atoms with E-state index in [0.717, 1.165) is 30.0 Å². The monoisotopic (exact) mass is 383 g/mol. The van der Waals surface area contributed by atoms with E-state index in [4.69, 9.17) is 4.42 Å². The van der Waals surface area contributed by atoms with Gasteiger partial charge in [-0.15, -0.1) is 5.10 Å². The van der Waals surface area contributed by atoms with Crippen LogP contribution in [0.1, 0.15) is 42.8 Å². The van der Waals surface area contributed by atoms with Crippen LogP contribution in [0, 0.1) is 5.82 Å². The van der Waals surface area contributed by atoms with E-state index in [1.165, 1.54) is 12.1 Å². The van der Waals surface area contributed by atoms with Gasteiger partial charge in [0, 0.05) is 12.1 Å². The van der Waals surface area contributed by atoms with Gasteiger partial charge in [0.05, 0.1) is 18.4 Å². The van der Waals surface area contributed by atoms with E-state index in [1.54, 1.807) is 23.1 Å². The molecule has 4 heterocycles. The Kier molecular flexibility index (Phi) is 4.25. The van der Waals surface area contributed by atoms with Crippen LogP contribution in [-0.4, -0.2) is 42.3 Å². The molecule has 0 amide bonds. The highest BCUT2D eigenvalue weighted by atomic mass is 19.1. The summed E-state index contributed by atoms with van der Waals surface area (Å²) in [5.41, 5.74) is -0.107. The van der Waals surface area contributed by atoms with Crippen molar-refractivity contribution in [3.63, 3.8) is 0 Å². The minimum Gasteiger partial charge on any atom is -0.467 e. The van der Waals surface area contributed by atoms with Crippen LogP contribution in [0.25, 0.3) is 0 Å². The Morgan fingerprint density at radius 1 is 1.11 bits per heavy atom. The van der Waals surface area contributed by atoms with Gasteiger partial charge in [-0.3, -0.25) is 4.90 Å². The second-order valence-electron chi connectivity index (χ2n) is 7.84. The molecular formula is C20H22FN5O2. The summed E-state index contributed by atoms with van der Waals surface area (Å²) in [5.74, 6) is 1.32. The van der Waals surface area contributed by atoms with Gasteiger partial charge in [-0.05, 0) is 65.9 Å². The van der Waals surface area contributed by atoms with Crippen LogP contribution in [0.5, 0.6) is 0 Å². The van der Waals surface area contributed by atoms with Crippen molar-refractivity contribution in [2.24, 2.45) is 0 Å². The Labute approximate surface area is 161 Å². The summed E-state index contributed by atoms with van der Waals surface area (Å²) in [6.45, 7) is 1.14. The number of aromatic nitrogens is 4. The first-order valence-electron chi connectivity index (χ1n) is 9.62. The van der Waals surface area contributed by atoms with Crippen molar-refractivity contribution < 1.29 is 13.9 Å². The van der Waals surface area contributed by atoms with E-state index in [9.17, 15) is 9.50 Å². The number of fused-ring (bicyclic) bond motifs is 2. The molecule has 0 radical (unpaired) electrons. The molecule has 2 saturated heterocycles. The Morgan fingerprint density at radius 2 is 1.86 bits per heavy atom. The van der Waals surface area contributed by atoms with Crippen molar-refractivity contribution in [3.05, 3.63) is 65.6 Å². The van der Waals surface area contributed by atoms with Crippen molar-refractivity contribution in [2.45, 2.75) is 56.5 Å². The van der Waals surface area contributed by atoms with Crippen LogP contribution >= 0.6 is 0 Å². The van der Waals surface area contributed by atoms with Crippen LogP contribution in [0.4, 0.5) is 4.39 Å². The average molecular weight is 383 g/mol. The van der Waals surface area contributed by atoms with Gasteiger partial charge in [0.25, 0.3) is 0 Å². The number of rotatable bonds is 5. The molecule has 2 bridgehead atoms. The van der Waals surface area contributed by atoms with Gasteiger partial charge in [0.2, 0.25) is 0 Å². The van der Waals surface area contributed by atoms with Gasteiger partial charge >= 0.3 is 0 Å². The fraction of sp³-hybridized carbons (Fsp3) is 0.450. The van der Waals surface area contributed by atoms with Crippen molar-refractivity contribution in [1.29, 1.82) is 0 Å². The van der Waals surface area contributed by atoms with E-state index in [0.29, 0.717) is 25.9 Å². The molecule has 146 valence electrons. The second kappa shape index (κ2) is 6.79. The molecule has 2 atom stereocenters. The summed E-state index contributed by atoms with van der Waals surface area (Å²) >= 11 is 0. The number of aliphatic hydroxyl groups is 1. The molecule has 8 heteroatoms. The summed E-state index contributed by atoms with van der Waals surface area (Å²) in [6, 6.07) is 10.5. The van der Waals surface area contributed by atoms with Crippen molar-refractivity contribution in [3.8, 4) is 0 Å². The maximum absolute atomic E-state index is 13.3. The first kappa shape index (κ1) is 17.5. The molecule has 0 spiro atoms. The standard InChI is InChI=1S/C20H22FN5O2/c21-15-5-3-14(4-6-15)20(27)10-16-7-8-17(11-20)25(16)13-19-22-23-24-26(19)12-18-2-1-9-28-18/h1-6,9,16-17,27H,7-8,10-13H2. The molecule has 2 unspecified atom stereocenters. The average Bonchev–Trinajstić information content (AvgIpc) is 3.40. The summed E-state index contributed by atoms with van der Waals surface area (Å²) in [6.07, 6.45) is 4.98. The highest BCUT2D eigenvalue weighted by Gasteiger charge is 2.48. The topological polar surface area (TPSA) is 80.2 Å². The third-order valence-corrected chi connectivity index (χ3v) is 6.12. The summed E-state index contributed by atoms with van der Waals surface area (Å²) in [4.78, 5) is 2.41. The molecule has 5 rings (SSSR count). The zero-order valence-electron chi connectivity index (χ0n) is 15.4. The van der Waals surface area contributed by atoms with Crippen LogP contribution in [0.2, 0.25) is 0 Å². The molecular weight excluding hydrogens is 361 g/mol. The smallest absolute Gasteiger partial charge is 0.165 e. The predicted molar refractivity (Wildman–Crippen MR) is 97.5 cm³/mol. The van der Waals surface area contributed by atoms with Gasteiger partial charge in [-0.25, -0.2) is 9.07 Å². The Morgan fingerprint density at radius 3 is 2.54 bits per heavy atom. The van der Waals surface area contributed by atoms with Crippen LogP contribution in [0.3, 0.4) is 0 Å². The zero-order valence-corrected chi connectivity index (χ0v) is 15.4. The lowest BCUT2D eigenvalue weighted by molar-refractivity contribution is -0.0604. The Balaban J connectivity index is 1.33. The number of piperidine rings is 1. The lowest BCUT2D eigenvalue weighted by Crippen LogP contribution is -2.49. The van der Waals surface area contributed by atoms with E-state index in [2.05, 4.69) is 20.4 Å². The normalized spacial score (nSPS) is 27.4. The third kappa shape index (κ3) is 3.12. The van der Waals surface area contributed by atoms with Crippen LogP contribution < -0.4 is 0 Å².